The van der Waals surface area contributed by atoms with Crippen LogP contribution in [0.2, 0.25) is 0 Å². The van der Waals surface area contributed by atoms with Crippen molar-refractivity contribution in [2.24, 2.45) is 17.8 Å². The van der Waals surface area contributed by atoms with Gasteiger partial charge in [-0.05, 0) is 51.2 Å². The maximum atomic E-state index is 13.3. The van der Waals surface area contributed by atoms with Gasteiger partial charge in [0.2, 0.25) is 5.91 Å². The number of morpholine rings is 1. The van der Waals surface area contributed by atoms with Crippen molar-refractivity contribution in [3.63, 3.8) is 0 Å². The van der Waals surface area contributed by atoms with Gasteiger partial charge in [0.25, 0.3) is 5.91 Å². The molecular weight excluding hydrogens is 356 g/mol. The van der Waals surface area contributed by atoms with Crippen molar-refractivity contribution in [3.8, 4) is 5.75 Å². The van der Waals surface area contributed by atoms with E-state index in [2.05, 4.69) is 5.32 Å². The minimum absolute atomic E-state index is 0.0274. The van der Waals surface area contributed by atoms with E-state index in [1.54, 1.807) is 6.07 Å². The summed E-state index contributed by atoms with van der Waals surface area (Å²) in [6.45, 7) is 5.40. The topological polar surface area (TPSA) is 67.9 Å². The molecule has 1 aromatic rings. The lowest BCUT2D eigenvalue weighted by molar-refractivity contribution is -0.164. The standard InChI is InChI=1S/C22H28N2O4/c1-13-11-24(12-14(2)27-13)21(26)18-9-16-8-7-15(18)10-22(16)23-20(25)17-5-3-4-6-19(17)28-22/h3-6,13-16,18H,7-12H2,1-2H3,(H,23,25)/t13-,14-,15+,16-,18-,22+/m1/s1. The van der Waals surface area contributed by atoms with E-state index in [0.717, 1.165) is 19.3 Å². The van der Waals surface area contributed by atoms with Gasteiger partial charge in [-0.25, -0.2) is 0 Å². The Morgan fingerprint density at radius 3 is 2.64 bits per heavy atom. The van der Waals surface area contributed by atoms with E-state index in [1.165, 1.54) is 0 Å². The van der Waals surface area contributed by atoms with E-state index in [4.69, 9.17) is 9.47 Å². The second kappa shape index (κ2) is 6.48. The highest BCUT2D eigenvalue weighted by molar-refractivity contribution is 5.98. The van der Waals surface area contributed by atoms with Crippen LogP contribution in [0.15, 0.2) is 24.3 Å². The molecule has 5 aliphatic rings. The smallest absolute Gasteiger partial charge is 0.258 e. The predicted octanol–water partition coefficient (Wildman–Crippen LogP) is 2.58. The number of carbonyl (C=O) groups is 2. The fraction of sp³-hybridized carbons (Fsp3) is 0.636. The molecule has 0 radical (unpaired) electrons. The lowest BCUT2D eigenvalue weighted by Gasteiger charge is -2.55. The van der Waals surface area contributed by atoms with Crippen LogP contribution in [0.3, 0.4) is 0 Å². The average Bonchev–Trinajstić information content (AvgIpc) is 2.67. The third-order valence-corrected chi connectivity index (χ3v) is 7.02. The number of rotatable bonds is 1. The molecule has 3 saturated carbocycles. The molecule has 28 heavy (non-hydrogen) atoms. The van der Waals surface area contributed by atoms with Gasteiger partial charge in [0.15, 0.2) is 5.72 Å². The Kier molecular flexibility index (Phi) is 4.16. The Morgan fingerprint density at radius 2 is 1.93 bits per heavy atom. The van der Waals surface area contributed by atoms with E-state index in [-0.39, 0.29) is 41.8 Å². The molecule has 150 valence electrons. The Morgan fingerprint density at radius 1 is 1.18 bits per heavy atom. The van der Waals surface area contributed by atoms with Gasteiger partial charge in [0, 0.05) is 31.3 Å². The average molecular weight is 384 g/mol. The second-order valence-electron chi connectivity index (χ2n) is 9.02. The zero-order chi connectivity index (χ0) is 19.5. The Bertz CT molecular complexity index is 801. The molecule has 0 aromatic heterocycles. The van der Waals surface area contributed by atoms with Crippen LogP contribution < -0.4 is 10.1 Å². The molecule has 2 aliphatic heterocycles. The Balaban J connectivity index is 1.36. The van der Waals surface area contributed by atoms with Crippen LogP contribution in [0.25, 0.3) is 0 Å². The fourth-order valence-corrected chi connectivity index (χ4v) is 5.85. The van der Waals surface area contributed by atoms with Crippen molar-refractivity contribution in [2.45, 2.75) is 57.5 Å². The number of nitrogens with one attached hydrogen (secondary N) is 1. The summed E-state index contributed by atoms with van der Waals surface area (Å²) in [4.78, 5) is 28.0. The number of ether oxygens (including phenoxy) is 2. The highest BCUT2D eigenvalue weighted by Gasteiger charge is 2.57. The zero-order valence-corrected chi connectivity index (χ0v) is 16.5. The van der Waals surface area contributed by atoms with Gasteiger partial charge in [0.1, 0.15) is 5.75 Å². The van der Waals surface area contributed by atoms with Crippen LogP contribution in [0.1, 0.15) is 49.9 Å². The SMILES string of the molecule is C[C@@H]1CN(C(=O)[C@@H]2C[C@H]3CC[C@H]2C[C@@]32NC(=O)c3ccccc3O2)C[C@@H](C)O1. The molecule has 6 atom stereocenters. The molecule has 1 aromatic carbocycles. The number of para-hydroxylation sites is 1. The first-order valence-corrected chi connectivity index (χ1v) is 10.5. The van der Waals surface area contributed by atoms with Crippen molar-refractivity contribution in [3.05, 3.63) is 29.8 Å². The summed E-state index contributed by atoms with van der Waals surface area (Å²) in [5, 5.41) is 3.17. The van der Waals surface area contributed by atoms with Crippen molar-refractivity contribution in [2.75, 3.05) is 13.1 Å². The Labute approximate surface area is 165 Å². The predicted molar refractivity (Wildman–Crippen MR) is 103 cm³/mol. The molecule has 6 nitrogen and oxygen atoms in total. The van der Waals surface area contributed by atoms with Gasteiger partial charge in [0.05, 0.1) is 17.8 Å². The van der Waals surface area contributed by atoms with E-state index >= 15 is 0 Å². The van der Waals surface area contributed by atoms with E-state index < -0.39 is 5.72 Å². The number of hydrogen-bond acceptors (Lipinski definition) is 4. The van der Waals surface area contributed by atoms with Crippen LogP contribution >= 0.6 is 0 Å². The minimum atomic E-state index is -0.656. The lowest BCUT2D eigenvalue weighted by atomic mass is 9.59. The molecule has 4 fully saturated rings. The number of nitrogens with zero attached hydrogens (tertiary/aromatic N) is 1. The summed E-state index contributed by atoms with van der Waals surface area (Å²) in [6, 6.07) is 7.42. The maximum absolute atomic E-state index is 13.3. The van der Waals surface area contributed by atoms with Crippen molar-refractivity contribution < 1.29 is 19.1 Å². The maximum Gasteiger partial charge on any atom is 0.258 e. The molecule has 3 aliphatic carbocycles. The van der Waals surface area contributed by atoms with Crippen LogP contribution in [-0.2, 0) is 9.53 Å². The number of hydrogen-bond donors (Lipinski definition) is 1. The summed E-state index contributed by atoms with van der Waals surface area (Å²) in [7, 11) is 0. The molecule has 1 spiro atoms. The molecule has 6 rings (SSSR count). The summed E-state index contributed by atoms with van der Waals surface area (Å²) < 4.78 is 12.2. The summed E-state index contributed by atoms with van der Waals surface area (Å²) in [5.41, 5.74) is -0.0602. The fourth-order valence-electron chi connectivity index (χ4n) is 5.85. The molecule has 1 saturated heterocycles. The highest BCUT2D eigenvalue weighted by atomic mass is 16.5. The van der Waals surface area contributed by atoms with Gasteiger partial charge >= 0.3 is 0 Å². The molecule has 2 amide bonds. The molecule has 2 bridgehead atoms. The van der Waals surface area contributed by atoms with Gasteiger partial charge in [-0.3, -0.25) is 9.59 Å². The van der Waals surface area contributed by atoms with E-state index in [0.29, 0.717) is 30.8 Å². The van der Waals surface area contributed by atoms with Gasteiger partial charge < -0.3 is 19.7 Å². The monoisotopic (exact) mass is 384 g/mol. The van der Waals surface area contributed by atoms with Crippen LogP contribution in [0.5, 0.6) is 5.75 Å². The number of benzene rings is 1. The molecular formula is C22H28N2O4. The molecule has 2 heterocycles. The summed E-state index contributed by atoms with van der Waals surface area (Å²) in [6.07, 6.45) is 3.68. The van der Waals surface area contributed by atoms with Gasteiger partial charge in [-0.2, -0.15) is 0 Å². The summed E-state index contributed by atoms with van der Waals surface area (Å²) >= 11 is 0. The zero-order valence-electron chi connectivity index (χ0n) is 16.5. The van der Waals surface area contributed by atoms with Crippen LogP contribution in [0.4, 0.5) is 0 Å². The van der Waals surface area contributed by atoms with Gasteiger partial charge in [-0.1, -0.05) is 12.1 Å². The number of amides is 2. The molecule has 0 unspecified atom stereocenters. The number of carbonyl (C=O) groups excluding carboxylic acids is 2. The van der Waals surface area contributed by atoms with Crippen LogP contribution in [-0.4, -0.2) is 47.7 Å². The first-order chi connectivity index (χ1) is 13.4. The Hall–Kier alpha value is -2.08. The largest absolute Gasteiger partial charge is 0.467 e. The highest BCUT2D eigenvalue weighted by Crippen LogP contribution is 2.52. The second-order valence-corrected chi connectivity index (χ2v) is 9.02. The molecule has 6 heteroatoms. The first-order valence-electron chi connectivity index (χ1n) is 10.5. The van der Waals surface area contributed by atoms with Crippen molar-refractivity contribution >= 4 is 11.8 Å². The van der Waals surface area contributed by atoms with Crippen molar-refractivity contribution in [1.82, 2.24) is 10.2 Å². The van der Waals surface area contributed by atoms with E-state index in [9.17, 15) is 9.59 Å². The normalized spacial score (nSPS) is 39.3. The third kappa shape index (κ3) is 2.81. The van der Waals surface area contributed by atoms with E-state index in [1.807, 2.05) is 36.9 Å². The molecule has 1 N–H and O–H groups in total. The summed E-state index contributed by atoms with van der Waals surface area (Å²) in [5.74, 6) is 1.30. The third-order valence-electron chi connectivity index (χ3n) is 7.02. The van der Waals surface area contributed by atoms with Gasteiger partial charge in [-0.15, -0.1) is 0 Å². The number of fused-ring (bicyclic) bond motifs is 3. The quantitative estimate of drug-likeness (QED) is 0.808. The first kappa shape index (κ1) is 18.0. The minimum Gasteiger partial charge on any atom is -0.467 e. The van der Waals surface area contributed by atoms with Crippen LogP contribution in [0, 0.1) is 17.8 Å². The lowest BCUT2D eigenvalue weighted by Crippen LogP contribution is -2.67. The van der Waals surface area contributed by atoms with Crippen molar-refractivity contribution in [1.29, 1.82) is 0 Å².